The van der Waals surface area contributed by atoms with Gasteiger partial charge in [0.15, 0.2) is 5.96 Å². The van der Waals surface area contributed by atoms with Crippen molar-refractivity contribution < 1.29 is 14.3 Å². The highest BCUT2D eigenvalue weighted by Crippen LogP contribution is 2.23. The van der Waals surface area contributed by atoms with Crippen molar-refractivity contribution in [3.8, 4) is 5.88 Å². The SMILES string of the molecule is CN=C(NCCNC(=O)OC(C)(C)C)NCc1ccnc(OC2CCCC2)c1. The lowest BCUT2D eigenvalue weighted by molar-refractivity contribution is 0.0529. The van der Waals surface area contributed by atoms with Crippen molar-refractivity contribution in [2.45, 2.75) is 64.7 Å². The monoisotopic (exact) mass is 391 g/mol. The number of alkyl carbamates (subject to hydrolysis) is 1. The summed E-state index contributed by atoms with van der Waals surface area (Å²) < 4.78 is 11.1. The number of aliphatic imine (C=N–C) groups is 1. The van der Waals surface area contributed by atoms with Crippen LogP contribution in [0.15, 0.2) is 23.3 Å². The maximum atomic E-state index is 11.6. The van der Waals surface area contributed by atoms with Crippen molar-refractivity contribution in [2.75, 3.05) is 20.1 Å². The van der Waals surface area contributed by atoms with Crippen molar-refractivity contribution in [3.05, 3.63) is 23.9 Å². The minimum Gasteiger partial charge on any atom is -0.474 e. The Balaban J connectivity index is 1.69. The number of nitrogens with zero attached hydrogens (tertiary/aromatic N) is 2. The molecule has 8 nitrogen and oxygen atoms in total. The molecule has 0 aliphatic heterocycles. The Morgan fingerprint density at radius 3 is 2.61 bits per heavy atom. The molecule has 3 N–H and O–H groups in total. The summed E-state index contributed by atoms with van der Waals surface area (Å²) in [6.45, 7) is 7.07. The number of nitrogens with one attached hydrogen (secondary N) is 3. The van der Waals surface area contributed by atoms with E-state index in [-0.39, 0.29) is 0 Å². The van der Waals surface area contributed by atoms with Gasteiger partial charge in [-0.25, -0.2) is 9.78 Å². The van der Waals surface area contributed by atoms with Crippen molar-refractivity contribution in [1.29, 1.82) is 0 Å². The molecule has 0 unspecified atom stereocenters. The number of hydrogen-bond donors (Lipinski definition) is 3. The second kappa shape index (κ2) is 10.7. The lowest BCUT2D eigenvalue weighted by atomic mass is 10.2. The Labute approximate surface area is 167 Å². The Morgan fingerprint density at radius 1 is 1.21 bits per heavy atom. The van der Waals surface area contributed by atoms with E-state index in [1.54, 1.807) is 13.2 Å². The van der Waals surface area contributed by atoms with Gasteiger partial charge in [-0.15, -0.1) is 0 Å². The predicted octanol–water partition coefficient (Wildman–Crippen LogP) is 2.59. The molecule has 1 amide bonds. The average molecular weight is 392 g/mol. The Kier molecular flexibility index (Phi) is 8.35. The van der Waals surface area contributed by atoms with Gasteiger partial charge in [-0.2, -0.15) is 0 Å². The van der Waals surface area contributed by atoms with Crippen molar-refractivity contribution in [3.63, 3.8) is 0 Å². The number of aromatic nitrogens is 1. The van der Waals surface area contributed by atoms with Gasteiger partial charge in [0.05, 0.1) is 0 Å². The molecule has 0 radical (unpaired) electrons. The van der Waals surface area contributed by atoms with E-state index < -0.39 is 11.7 Å². The standard InChI is InChI=1S/C20H33N5O3/c1-20(2,3)28-19(26)24-12-11-23-18(21-4)25-14-15-9-10-22-17(13-15)27-16-7-5-6-8-16/h9-10,13,16H,5-8,11-12,14H2,1-4H3,(H,24,26)(H2,21,23,25). The number of guanidine groups is 1. The molecular weight excluding hydrogens is 358 g/mol. The Bertz CT molecular complexity index is 651. The number of amides is 1. The lowest BCUT2D eigenvalue weighted by Gasteiger charge is -2.20. The maximum absolute atomic E-state index is 11.6. The third kappa shape index (κ3) is 8.45. The average Bonchev–Trinajstić information content (AvgIpc) is 3.13. The van der Waals surface area contributed by atoms with E-state index in [0.717, 1.165) is 18.4 Å². The molecule has 1 saturated carbocycles. The smallest absolute Gasteiger partial charge is 0.407 e. The van der Waals surface area contributed by atoms with Gasteiger partial charge in [0.2, 0.25) is 5.88 Å². The Morgan fingerprint density at radius 2 is 1.93 bits per heavy atom. The van der Waals surface area contributed by atoms with Gasteiger partial charge in [-0.1, -0.05) is 0 Å². The first-order valence-electron chi connectivity index (χ1n) is 9.88. The van der Waals surface area contributed by atoms with E-state index >= 15 is 0 Å². The first kappa shape index (κ1) is 21.8. The fraction of sp³-hybridized carbons (Fsp3) is 0.650. The zero-order valence-electron chi connectivity index (χ0n) is 17.4. The fourth-order valence-corrected chi connectivity index (χ4v) is 2.87. The molecular formula is C20H33N5O3. The molecule has 8 heteroatoms. The van der Waals surface area contributed by atoms with Gasteiger partial charge in [0, 0.05) is 38.9 Å². The van der Waals surface area contributed by atoms with E-state index in [2.05, 4.69) is 25.9 Å². The van der Waals surface area contributed by atoms with Crippen LogP contribution in [0.5, 0.6) is 5.88 Å². The minimum atomic E-state index is -0.500. The summed E-state index contributed by atoms with van der Waals surface area (Å²) >= 11 is 0. The number of carbonyl (C=O) groups is 1. The molecule has 28 heavy (non-hydrogen) atoms. The lowest BCUT2D eigenvalue weighted by Crippen LogP contribution is -2.42. The minimum absolute atomic E-state index is 0.294. The number of ether oxygens (including phenoxy) is 2. The zero-order chi connectivity index (χ0) is 20.4. The molecule has 0 bridgehead atoms. The largest absolute Gasteiger partial charge is 0.474 e. The normalized spacial score (nSPS) is 15.2. The molecule has 0 saturated heterocycles. The summed E-state index contributed by atoms with van der Waals surface area (Å²) in [6, 6.07) is 3.91. The van der Waals surface area contributed by atoms with Crippen molar-refractivity contribution in [1.82, 2.24) is 20.9 Å². The summed E-state index contributed by atoms with van der Waals surface area (Å²) in [5.41, 5.74) is 0.567. The van der Waals surface area contributed by atoms with Gasteiger partial charge in [-0.3, -0.25) is 4.99 Å². The van der Waals surface area contributed by atoms with Crippen LogP contribution < -0.4 is 20.7 Å². The summed E-state index contributed by atoms with van der Waals surface area (Å²) in [7, 11) is 1.71. The molecule has 156 valence electrons. The first-order valence-corrected chi connectivity index (χ1v) is 9.88. The van der Waals surface area contributed by atoms with E-state index in [0.29, 0.717) is 37.6 Å². The van der Waals surface area contributed by atoms with Crippen LogP contribution in [0, 0.1) is 0 Å². The van der Waals surface area contributed by atoms with Crippen LogP contribution in [0.25, 0.3) is 0 Å². The zero-order valence-corrected chi connectivity index (χ0v) is 17.4. The van der Waals surface area contributed by atoms with Crippen LogP contribution >= 0.6 is 0 Å². The van der Waals surface area contributed by atoms with Gasteiger partial charge < -0.3 is 25.4 Å². The quantitative estimate of drug-likeness (QED) is 0.376. The summed E-state index contributed by atoms with van der Waals surface area (Å²) in [4.78, 5) is 20.1. The van der Waals surface area contributed by atoms with E-state index in [1.807, 2.05) is 32.9 Å². The first-order chi connectivity index (χ1) is 13.4. The highest BCUT2D eigenvalue weighted by Gasteiger charge is 2.17. The van der Waals surface area contributed by atoms with Crippen LogP contribution in [-0.4, -0.2) is 48.9 Å². The number of carbonyl (C=O) groups excluding carboxylic acids is 1. The highest BCUT2D eigenvalue weighted by atomic mass is 16.6. The number of rotatable bonds is 7. The molecule has 1 aromatic rings. The van der Waals surface area contributed by atoms with E-state index in [4.69, 9.17) is 9.47 Å². The van der Waals surface area contributed by atoms with Crippen LogP contribution in [0.2, 0.25) is 0 Å². The maximum Gasteiger partial charge on any atom is 0.407 e. The summed E-state index contributed by atoms with van der Waals surface area (Å²) in [6.07, 6.45) is 6.32. The van der Waals surface area contributed by atoms with Gasteiger partial charge in [-0.05, 0) is 58.1 Å². The number of pyridine rings is 1. The topological polar surface area (TPSA) is 96.9 Å². The van der Waals surface area contributed by atoms with Gasteiger partial charge >= 0.3 is 6.09 Å². The number of hydrogen-bond acceptors (Lipinski definition) is 5. The molecule has 0 spiro atoms. The van der Waals surface area contributed by atoms with E-state index in [1.165, 1.54) is 12.8 Å². The van der Waals surface area contributed by atoms with Crippen LogP contribution in [0.4, 0.5) is 4.79 Å². The molecule has 2 rings (SSSR count). The van der Waals surface area contributed by atoms with Crippen LogP contribution in [0.1, 0.15) is 52.0 Å². The van der Waals surface area contributed by atoms with Crippen molar-refractivity contribution in [2.24, 2.45) is 4.99 Å². The third-order valence-electron chi connectivity index (χ3n) is 4.16. The molecule has 1 aliphatic rings. The summed E-state index contributed by atoms with van der Waals surface area (Å²) in [5.74, 6) is 1.33. The van der Waals surface area contributed by atoms with Crippen LogP contribution in [0.3, 0.4) is 0 Å². The molecule has 0 atom stereocenters. The van der Waals surface area contributed by atoms with Crippen LogP contribution in [-0.2, 0) is 11.3 Å². The molecule has 1 heterocycles. The highest BCUT2D eigenvalue weighted by molar-refractivity contribution is 5.79. The fourth-order valence-electron chi connectivity index (χ4n) is 2.87. The molecule has 1 aliphatic carbocycles. The Hall–Kier alpha value is -2.51. The molecule has 0 aromatic carbocycles. The van der Waals surface area contributed by atoms with Gasteiger partial charge in [0.1, 0.15) is 11.7 Å². The third-order valence-corrected chi connectivity index (χ3v) is 4.16. The predicted molar refractivity (Wildman–Crippen MR) is 110 cm³/mol. The second-order valence-corrected chi connectivity index (χ2v) is 7.81. The second-order valence-electron chi connectivity index (χ2n) is 7.81. The molecule has 1 fully saturated rings. The van der Waals surface area contributed by atoms with E-state index in [9.17, 15) is 4.79 Å². The van der Waals surface area contributed by atoms with Crippen molar-refractivity contribution >= 4 is 12.1 Å². The van der Waals surface area contributed by atoms with Gasteiger partial charge in [0.25, 0.3) is 0 Å². The molecule has 1 aromatic heterocycles. The summed E-state index contributed by atoms with van der Waals surface area (Å²) in [5, 5.41) is 9.10.